The first-order valence-electron chi connectivity index (χ1n) is 8.57. The summed E-state index contributed by atoms with van der Waals surface area (Å²) in [4.78, 5) is 25.5. The first-order chi connectivity index (χ1) is 12.5. The van der Waals surface area contributed by atoms with E-state index in [1.165, 1.54) is 0 Å². The molecule has 1 aromatic rings. The van der Waals surface area contributed by atoms with E-state index in [4.69, 9.17) is 14.1 Å². The Kier molecular flexibility index (Phi) is 4.47. The Balaban J connectivity index is 1.45. The topological polar surface area (TPSA) is 118 Å². The smallest absolute Gasteiger partial charge is 0.522 e. The maximum absolute atomic E-state index is 12.2. The number of ether oxygens (including phenoxy) is 2. The third-order valence-corrected chi connectivity index (χ3v) is 4.72. The Morgan fingerprint density at radius 2 is 2.15 bits per heavy atom. The molecule has 3 N–H and O–H groups in total. The highest BCUT2D eigenvalue weighted by atomic mass is 16.5. The van der Waals surface area contributed by atoms with Gasteiger partial charge in [-0.15, -0.1) is 0 Å². The molecular weight excluding hydrogens is 343 g/mol. The summed E-state index contributed by atoms with van der Waals surface area (Å²) in [5, 5.41) is 22.2. The lowest BCUT2D eigenvalue weighted by atomic mass is 9.78. The zero-order valence-electron chi connectivity index (χ0n) is 14.0. The molecule has 0 saturated carbocycles. The standard InChI is InChI=1S/C16H19BN2O7/c20-15(14-18-5-6-24-14)19-7-10(8-19)25-11-2-1-9-3-4-17(23)26-13(9)12(11)16(21)22/h1-2,10,14,18,23H,3-8H2,(H,21,22)/t14-/m0/s1. The molecule has 0 aliphatic carbocycles. The van der Waals surface area contributed by atoms with Crippen LogP contribution in [-0.4, -0.2) is 72.6 Å². The number of hydrogen-bond donors (Lipinski definition) is 3. The Morgan fingerprint density at radius 1 is 1.35 bits per heavy atom. The summed E-state index contributed by atoms with van der Waals surface area (Å²) in [6, 6.07) is 3.36. The quantitative estimate of drug-likeness (QED) is 0.604. The van der Waals surface area contributed by atoms with Gasteiger partial charge in [-0.25, -0.2) is 4.79 Å². The molecule has 1 aromatic carbocycles. The Morgan fingerprint density at radius 3 is 2.85 bits per heavy atom. The van der Waals surface area contributed by atoms with E-state index >= 15 is 0 Å². The summed E-state index contributed by atoms with van der Waals surface area (Å²) in [6.07, 6.45) is 0.0506. The van der Waals surface area contributed by atoms with Crippen molar-refractivity contribution in [3.05, 3.63) is 23.3 Å². The molecule has 138 valence electrons. The van der Waals surface area contributed by atoms with Gasteiger partial charge in [0, 0.05) is 6.54 Å². The fourth-order valence-electron chi connectivity index (χ4n) is 3.34. The zero-order chi connectivity index (χ0) is 18.3. The number of hydrogen-bond acceptors (Lipinski definition) is 7. The van der Waals surface area contributed by atoms with Crippen molar-refractivity contribution in [3.63, 3.8) is 0 Å². The fourth-order valence-corrected chi connectivity index (χ4v) is 3.34. The number of nitrogens with one attached hydrogen (secondary N) is 1. The molecule has 1 amide bonds. The molecule has 0 bridgehead atoms. The van der Waals surface area contributed by atoms with Gasteiger partial charge in [0.25, 0.3) is 5.91 Å². The highest BCUT2D eigenvalue weighted by Crippen LogP contribution is 2.37. The number of rotatable bonds is 4. The molecule has 3 aliphatic heterocycles. The average Bonchev–Trinajstić information content (AvgIpc) is 3.10. The van der Waals surface area contributed by atoms with Gasteiger partial charge >= 0.3 is 13.1 Å². The normalized spacial score (nSPS) is 22.4. The van der Waals surface area contributed by atoms with Crippen LogP contribution in [-0.2, 0) is 16.0 Å². The second-order valence-electron chi connectivity index (χ2n) is 6.53. The minimum atomic E-state index is -1.18. The number of nitrogens with zero attached hydrogens (tertiary/aromatic N) is 1. The van der Waals surface area contributed by atoms with Gasteiger partial charge in [-0.05, 0) is 24.4 Å². The number of fused-ring (bicyclic) bond motifs is 1. The van der Waals surface area contributed by atoms with Gasteiger partial charge in [0.1, 0.15) is 23.2 Å². The monoisotopic (exact) mass is 362 g/mol. The van der Waals surface area contributed by atoms with Crippen LogP contribution in [0.2, 0.25) is 6.32 Å². The van der Waals surface area contributed by atoms with Crippen LogP contribution in [0.3, 0.4) is 0 Å². The zero-order valence-corrected chi connectivity index (χ0v) is 14.0. The molecule has 0 aromatic heterocycles. The van der Waals surface area contributed by atoms with Gasteiger partial charge in [0.2, 0.25) is 0 Å². The molecule has 2 fully saturated rings. The van der Waals surface area contributed by atoms with Crippen LogP contribution < -0.4 is 14.7 Å². The Labute approximate surface area is 150 Å². The van der Waals surface area contributed by atoms with Crippen LogP contribution in [0.5, 0.6) is 11.5 Å². The van der Waals surface area contributed by atoms with E-state index in [-0.39, 0.29) is 29.1 Å². The number of aryl methyl sites for hydroxylation is 1. The number of aromatic carboxylic acids is 1. The van der Waals surface area contributed by atoms with E-state index in [0.717, 1.165) is 5.56 Å². The highest BCUT2D eigenvalue weighted by molar-refractivity contribution is 6.44. The van der Waals surface area contributed by atoms with E-state index in [0.29, 0.717) is 39.0 Å². The molecule has 9 nitrogen and oxygen atoms in total. The van der Waals surface area contributed by atoms with Crippen molar-refractivity contribution in [1.29, 1.82) is 0 Å². The Hall–Kier alpha value is -2.30. The lowest BCUT2D eigenvalue weighted by Gasteiger charge is -2.40. The van der Waals surface area contributed by atoms with Crippen molar-refractivity contribution in [1.82, 2.24) is 10.2 Å². The van der Waals surface area contributed by atoms with E-state index in [9.17, 15) is 19.7 Å². The van der Waals surface area contributed by atoms with Crippen LogP contribution in [0.25, 0.3) is 0 Å². The summed E-state index contributed by atoms with van der Waals surface area (Å²) in [5.41, 5.74) is 0.640. The third-order valence-electron chi connectivity index (χ3n) is 4.72. The van der Waals surface area contributed by atoms with Gasteiger partial charge in [-0.1, -0.05) is 6.07 Å². The first kappa shape index (κ1) is 17.1. The minimum Gasteiger partial charge on any atom is -0.535 e. The maximum atomic E-state index is 12.2. The largest absolute Gasteiger partial charge is 0.535 e. The number of benzene rings is 1. The van der Waals surface area contributed by atoms with Crippen molar-refractivity contribution < 1.29 is 33.8 Å². The maximum Gasteiger partial charge on any atom is 0.522 e. The van der Waals surface area contributed by atoms with E-state index < -0.39 is 19.3 Å². The molecular formula is C16H19BN2O7. The summed E-state index contributed by atoms with van der Waals surface area (Å²) in [5.74, 6) is -0.985. The summed E-state index contributed by atoms with van der Waals surface area (Å²) < 4.78 is 16.4. The van der Waals surface area contributed by atoms with Crippen molar-refractivity contribution >= 4 is 19.0 Å². The molecule has 10 heteroatoms. The van der Waals surface area contributed by atoms with Gasteiger partial charge in [-0.2, -0.15) is 0 Å². The summed E-state index contributed by atoms with van der Waals surface area (Å²) >= 11 is 0. The molecule has 0 spiro atoms. The molecule has 4 rings (SSSR count). The molecule has 3 aliphatic rings. The molecule has 0 unspecified atom stereocenters. The van der Waals surface area contributed by atoms with Crippen LogP contribution in [0.4, 0.5) is 0 Å². The predicted molar refractivity (Wildman–Crippen MR) is 89.3 cm³/mol. The van der Waals surface area contributed by atoms with Crippen molar-refractivity contribution in [3.8, 4) is 11.5 Å². The lowest BCUT2D eigenvalue weighted by molar-refractivity contribution is -0.151. The second kappa shape index (κ2) is 6.78. The van der Waals surface area contributed by atoms with Gasteiger partial charge in [0.05, 0.1) is 19.7 Å². The molecule has 2 saturated heterocycles. The molecule has 3 heterocycles. The van der Waals surface area contributed by atoms with Crippen molar-refractivity contribution in [2.45, 2.75) is 25.1 Å². The molecule has 0 radical (unpaired) electrons. The molecule has 1 atom stereocenters. The van der Waals surface area contributed by atoms with E-state index in [2.05, 4.69) is 5.32 Å². The number of carbonyl (C=O) groups is 2. The van der Waals surface area contributed by atoms with Gasteiger partial charge in [-0.3, -0.25) is 10.1 Å². The SMILES string of the molecule is O=C(O)c1c(OC2CN(C(=O)[C@H]3NCCO3)C2)ccc2c1OB(O)CC2. The van der Waals surface area contributed by atoms with E-state index in [1.807, 2.05) is 0 Å². The van der Waals surface area contributed by atoms with Crippen molar-refractivity contribution in [2.24, 2.45) is 0 Å². The van der Waals surface area contributed by atoms with Crippen LogP contribution in [0, 0.1) is 0 Å². The lowest BCUT2D eigenvalue weighted by Crippen LogP contribution is -2.60. The molecule has 26 heavy (non-hydrogen) atoms. The van der Waals surface area contributed by atoms with Crippen LogP contribution in [0.1, 0.15) is 15.9 Å². The first-order valence-corrected chi connectivity index (χ1v) is 8.57. The highest BCUT2D eigenvalue weighted by Gasteiger charge is 2.38. The number of amides is 1. The van der Waals surface area contributed by atoms with Crippen molar-refractivity contribution in [2.75, 3.05) is 26.2 Å². The average molecular weight is 362 g/mol. The summed E-state index contributed by atoms with van der Waals surface area (Å²) in [7, 11) is -1.02. The van der Waals surface area contributed by atoms with Crippen LogP contribution in [0.15, 0.2) is 12.1 Å². The van der Waals surface area contributed by atoms with Gasteiger partial charge < -0.3 is 29.2 Å². The Bertz CT molecular complexity index is 732. The number of likely N-dealkylation sites (tertiary alicyclic amines) is 1. The number of carbonyl (C=O) groups excluding carboxylic acids is 1. The van der Waals surface area contributed by atoms with Crippen LogP contribution >= 0.6 is 0 Å². The number of carboxylic acid groups (broad SMARTS) is 1. The van der Waals surface area contributed by atoms with Gasteiger partial charge in [0.15, 0.2) is 6.23 Å². The second-order valence-corrected chi connectivity index (χ2v) is 6.53. The van der Waals surface area contributed by atoms with E-state index in [1.54, 1.807) is 17.0 Å². The fraction of sp³-hybridized carbons (Fsp3) is 0.500. The summed E-state index contributed by atoms with van der Waals surface area (Å²) in [6.45, 7) is 1.88. The third kappa shape index (κ3) is 3.11. The predicted octanol–water partition coefficient (Wildman–Crippen LogP) is -0.664. The minimum absolute atomic E-state index is 0.0909. The number of carboxylic acids is 1.